The largest absolute Gasteiger partial charge is 0.493 e. The number of unbranched alkanes of at least 4 members (excludes halogenated alkanes) is 1. The number of ether oxygens (including phenoxy) is 1. The van der Waals surface area contributed by atoms with Crippen LogP contribution in [0.15, 0.2) is 63.4 Å². The van der Waals surface area contributed by atoms with Gasteiger partial charge in [-0.3, -0.25) is 4.79 Å². The third-order valence-corrected chi connectivity index (χ3v) is 8.40. The van der Waals surface area contributed by atoms with Crippen molar-refractivity contribution >= 4 is 51.0 Å². The zero-order valence-corrected chi connectivity index (χ0v) is 24.3. The molecule has 6 nitrogen and oxygen atoms in total. The lowest BCUT2D eigenvalue weighted by molar-refractivity contribution is -0.118. The Morgan fingerprint density at radius 1 is 1.24 bits per heavy atom. The van der Waals surface area contributed by atoms with Gasteiger partial charge in [-0.05, 0) is 48.1 Å². The molecule has 0 saturated carbocycles. The average molecular weight is 602 g/mol. The molecule has 1 aliphatic heterocycles. The maximum absolute atomic E-state index is 13.6. The first kappa shape index (κ1) is 26.3. The van der Waals surface area contributed by atoms with E-state index in [1.54, 1.807) is 0 Å². The fraction of sp³-hybridized carbons (Fsp3) is 0.393. The van der Waals surface area contributed by atoms with Crippen molar-refractivity contribution in [3.8, 4) is 5.75 Å². The molecule has 2 heterocycles. The van der Waals surface area contributed by atoms with E-state index in [1.165, 1.54) is 11.8 Å². The molecule has 0 fully saturated rings. The number of fused-ring (bicyclic) bond motifs is 1. The van der Waals surface area contributed by atoms with E-state index < -0.39 is 6.04 Å². The van der Waals surface area contributed by atoms with E-state index >= 15 is 0 Å². The van der Waals surface area contributed by atoms with E-state index in [9.17, 15) is 4.79 Å². The maximum atomic E-state index is 13.6. The molecule has 1 aliphatic carbocycles. The number of benzene rings is 2. The molecule has 3 aromatic rings. The normalized spacial score (nSPS) is 18.3. The van der Waals surface area contributed by atoms with Crippen LogP contribution in [0.4, 0.5) is 5.95 Å². The molecule has 0 radical (unpaired) electrons. The fourth-order valence-corrected chi connectivity index (χ4v) is 6.38. The van der Waals surface area contributed by atoms with Crippen molar-refractivity contribution in [2.24, 2.45) is 5.41 Å². The molecule has 0 bridgehead atoms. The Morgan fingerprint density at radius 3 is 2.84 bits per heavy atom. The summed E-state index contributed by atoms with van der Waals surface area (Å²) in [5.74, 6) is 2.18. The second-order valence-electron chi connectivity index (χ2n) is 10.3. The molecule has 9 heteroatoms. The summed E-state index contributed by atoms with van der Waals surface area (Å²) in [6.07, 6.45) is 3.25. The highest BCUT2D eigenvalue weighted by Gasteiger charge is 2.42. The van der Waals surface area contributed by atoms with Gasteiger partial charge in [0.2, 0.25) is 11.1 Å². The first-order valence-corrected chi connectivity index (χ1v) is 14.7. The number of halogens is 2. The minimum atomic E-state index is -0.425. The lowest BCUT2D eigenvalue weighted by Crippen LogP contribution is -2.36. The quantitative estimate of drug-likeness (QED) is 0.210. The SMILES string of the molecule is CCCCOc1ccc(Br)cc1C1C2=C(CC(C)(C)CC2=O)Nc2nc(SCc3ccccc3Cl)nn21. The highest BCUT2D eigenvalue weighted by atomic mass is 79.9. The van der Waals surface area contributed by atoms with Crippen molar-refractivity contribution in [2.75, 3.05) is 11.9 Å². The lowest BCUT2D eigenvalue weighted by Gasteiger charge is -2.38. The standard InChI is InChI=1S/C28H30BrClN4O2S/c1-4-5-12-36-23-11-10-18(29)13-19(23)25-24-21(14-28(2,3)15-22(24)35)31-26-32-27(33-34(25)26)37-16-17-8-6-7-9-20(17)30/h6-11,13,25H,4-5,12,14-16H2,1-3H3,(H,31,32,33). The van der Waals surface area contributed by atoms with Gasteiger partial charge in [-0.2, -0.15) is 4.98 Å². The van der Waals surface area contributed by atoms with Crippen LogP contribution in [0.3, 0.4) is 0 Å². The second-order valence-corrected chi connectivity index (χ2v) is 12.6. The summed E-state index contributed by atoms with van der Waals surface area (Å²) >= 11 is 11.5. The van der Waals surface area contributed by atoms with Crippen LogP contribution >= 0.6 is 39.3 Å². The number of rotatable bonds is 8. The number of aromatic nitrogens is 3. The second kappa shape index (κ2) is 10.8. The lowest BCUT2D eigenvalue weighted by atomic mass is 9.73. The molecule has 5 rings (SSSR count). The zero-order chi connectivity index (χ0) is 26.2. The first-order chi connectivity index (χ1) is 17.8. The molecule has 1 aromatic heterocycles. The molecule has 0 spiro atoms. The molecule has 1 unspecified atom stereocenters. The molecule has 1 atom stereocenters. The van der Waals surface area contributed by atoms with Gasteiger partial charge in [0.15, 0.2) is 5.78 Å². The van der Waals surface area contributed by atoms with Crippen molar-refractivity contribution in [1.29, 1.82) is 0 Å². The third kappa shape index (κ3) is 5.61. The molecule has 2 aliphatic rings. The number of allylic oxidation sites excluding steroid dienone is 2. The molecular formula is C28H30BrClN4O2S. The van der Waals surface area contributed by atoms with E-state index in [1.807, 2.05) is 47.1 Å². The van der Waals surface area contributed by atoms with Crippen LogP contribution in [0.2, 0.25) is 5.02 Å². The van der Waals surface area contributed by atoms with Crippen LogP contribution in [0.25, 0.3) is 0 Å². The summed E-state index contributed by atoms with van der Waals surface area (Å²) in [5.41, 5.74) is 3.47. The predicted molar refractivity (Wildman–Crippen MR) is 152 cm³/mol. The van der Waals surface area contributed by atoms with E-state index in [0.29, 0.717) is 29.9 Å². The molecule has 0 amide bonds. The van der Waals surface area contributed by atoms with Crippen LogP contribution in [0.5, 0.6) is 5.75 Å². The van der Waals surface area contributed by atoms with E-state index in [2.05, 4.69) is 42.0 Å². The van der Waals surface area contributed by atoms with Gasteiger partial charge in [0, 0.05) is 38.5 Å². The Morgan fingerprint density at radius 2 is 2.05 bits per heavy atom. The van der Waals surface area contributed by atoms with Gasteiger partial charge in [-0.15, -0.1) is 5.10 Å². The van der Waals surface area contributed by atoms with E-state index in [4.69, 9.17) is 26.4 Å². The fourth-order valence-electron chi connectivity index (χ4n) is 4.89. The van der Waals surface area contributed by atoms with Crippen molar-refractivity contribution in [1.82, 2.24) is 14.8 Å². The molecule has 1 N–H and O–H groups in total. The number of hydrogen-bond acceptors (Lipinski definition) is 6. The highest BCUT2D eigenvalue weighted by molar-refractivity contribution is 9.10. The Labute approximate surface area is 235 Å². The smallest absolute Gasteiger partial charge is 0.227 e. The number of ketones is 1. The maximum Gasteiger partial charge on any atom is 0.227 e. The minimum absolute atomic E-state index is 0.130. The van der Waals surface area contributed by atoms with Gasteiger partial charge in [0.25, 0.3) is 0 Å². The van der Waals surface area contributed by atoms with Gasteiger partial charge in [-0.25, -0.2) is 4.68 Å². The minimum Gasteiger partial charge on any atom is -0.493 e. The Bertz CT molecular complexity index is 1370. The Balaban J connectivity index is 1.57. The summed E-state index contributed by atoms with van der Waals surface area (Å²) in [6, 6.07) is 13.4. The highest BCUT2D eigenvalue weighted by Crippen LogP contribution is 2.47. The molecule has 0 saturated heterocycles. The topological polar surface area (TPSA) is 69.0 Å². The summed E-state index contributed by atoms with van der Waals surface area (Å²) in [7, 11) is 0. The van der Waals surface area contributed by atoms with Crippen molar-refractivity contribution in [2.45, 2.75) is 63.4 Å². The first-order valence-electron chi connectivity index (χ1n) is 12.5. The van der Waals surface area contributed by atoms with Crippen molar-refractivity contribution < 1.29 is 9.53 Å². The number of hydrogen-bond donors (Lipinski definition) is 1. The predicted octanol–water partition coefficient (Wildman–Crippen LogP) is 7.82. The third-order valence-electron chi connectivity index (χ3n) is 6.65. The van der Waals surface area contributed by atoms with Gasteiger partial charge in [0.05, 0.1) is 6.61 Å². The summed E-state index contributed by atoms with van der Waals surface area (Å²) in [4.78, 5) is 18.4. The average Bonchev–Trinajstić information content (AvgIpc) is 3.25. The van der Waals surface area contributed by atoms with Crippen LogP contribution < -0.4 is 10.1 Å². The summed E-state index contributed by atoms with van der Waals surface area (Å²) in [5, 5.41) is 9.70. The number of Topliss-reactive ketones (excluding diaryl/α,β-unsaturated/α-hetero) is 1. The number of carbonyl (C=O) groups excluding carboxylic acids is 1. The number of thioether (sulfide) groups is 1. The van der Waals surface area contributed by atoms with Crippen LogP contribution in [0.1, 0.15) is 63.6 Å². The molecule has 194 valence electrons. The number of anilines is 1. The van der Waals surface area contributed by atoms with Gasteiger partial charge in [0.1, 0.15) is 11.8 Å². The Hall–Kier alpha value is -2.29. The monoisotopic (exact) mass is 600 g/mol. The number of nitrogens with one attached hydrogen (secondary N) is 1. The van der Waals surface area contributed by atoms with Gasteiger partial charge >= 0.3 is 0 Å². The zero-order valence-electron chi connectivity index (χ0n) is 21.2. The van der Waals surface area contributed by atoms with E-state index in [0.717, 1.165) is 56.9 Å². The van der Waals surface area contributed by atoms with Crippen molar-refractivity contribution in [3.63, 3.8) is 0 Å². The number of carbonyl (C=O) groups is 1. The summed E-state index contributed by atoms with van der Waals surface area (Å²) in [6.45, 7) is 7.02. The van der Waals surface area contributed by atoms with Gasteiger partial charge < -0.3 is 10.1 Å². The Kier molecular flexibility index (Phi) is 7.70. The molecule has 37 heavy (non-hydrogen) atoms. The van der Waals surface area contributed by atoms with Crippen LogP contribution in [-0.2, 0) is 10.5 Å². The molecular weight excluding hydrogens is 572 g/mol. The van der Waals surface area contributed by atoms with Crippen LogP contribution in [0, 0.1) is 5.41 Å². The number of nitrogens with zero attached hydrogens (tertiary/aromatic N) is 3. The van der Waals surface area contributed by atoms with Gasteiger partial charge in [-0.1, -0.05) is 84.7 Å². The molecule has 2 aromatic carbocycles. The van der Waals surface area contributed by atoms with Crippen molar-refractivity contribution in [3.05, 3.63) is 74.4 Å². The van der Waals surface area contributed by atoms with Crippen LogP contribution in [-0.4, -0.2) is 27.2 Å². The summed E-state index contributed by atoms with van der Waals surface area (Å²) < 4.78 is 8.99. The van der Waals surface area contributed by atoms with E-state index in [-0.39, 0.29) is 11.2 Å².